The first-order chi connectivity index (χ1) is 14.7. The van der Waals surface area contributed by atoms with E-state index in [1.54, 1.807) is 6.07 Å². The summed E-state index contributed by atoms with van der Waals surface area (Å²) < 4.78 is 45.6. The summed E-state index contributed by atoms with van der Waals surface area (Å²) in [5.41, 5.74) is 0.433. The second kappa shape index (κ2) is 9.45. The lowest BCUT2D eigenvalue weighted by atomic mass is 10.1. The number of ether oxygens (including phenoxy) is 1. The minimum atomic E-state index is -4.64. The zero-order valence-corrected chi connectivity index (χ0v) is 18.0. The molecule has 0 aliphatic heterocycles. The van der Waals surface area contributed by atoms with Crippen molar-refractivity contribution in [2.24, 2.45) is 0 Å². The summed E-state index contributed by atoms with van der Waals surface area (Å²) in [6, 6.07) is 12.7. The van der Waals surface area contributed by atoms with Crippen molar-refractivity contribution < 1.29 is 17.9 Å². The molecule has 5 nitrogen and oxygen atoms in total. The van der Waals surface area contributed by atoms with Crippen LogP contribution in [0, 0.1) is 11.3 Å². The van der Waals surface area contributed by atoms with Gasteiger partial charge in [-0.25, -0.2) is 4.98 Å². The van der Waals surface area contributed by atoms with E-state index in [-0.39, 0.29) is 22.7 Å². The second-order valence-electron chi connectivity index (χ2n) is 6.58. The Labute approximate surface area is 186 Å². The van der Waals surface area contributed by atoms with E-state index < -0.39 is 17.3 Å². The molecule has 0 aliphatic carbocycles. The molecule has 3 rings (SSSR count). The van der Waals surface area contributed by atoms with Crippen LogP contribution in [-0.2, 0) is 12.8 Å². The first-order valence-corrected chi connectivity index (χ1v) is 10.1. The van der Waals surface area contributed by atoms with Crippen LogP contribution in [-0.4, -0.2) is 24.1 Å². The van der Waals surface area contributed by atoms with Crippen LogP contribution in [0.2, 0.25) is 5.28 Å². The van der Waals surface area contributed by atoms with E-state index in [1.165, 1.54) is 12.3 Å². The molecule has 31 heavy (non-hydrogen) atoms. The quantitative estimate of drug-likeness (QED) is 0.428. The van der Waals surface area contributed by atoms with E-state index in [9.17, 15) is 13.2 Å². The Bertz CT molecular complexity index is 1130. The molecule has 0 radical (unpaired) electrons. The molecule has 1 heterocycles. The third-order valence-corrected chi connectivity index (χ3v) is 5.31. The van der Waals surface area contributed by atoms with Gasteiger partial charge in [-0.1, -0.05) is 23.9 Å². The summed E-state index contributed by atoms with van der Waals surface area (Å²) >= 11 is 6.88. The maximum Gasteiger partial charge on any atom is 0.417 e. The predicted molar refractivity (Wildman–Crippen MR) is 112 cm³/mol. The van der Waals surface area contributed by atoms with Gasteiger partial charge in [0, 0.05) is 30.9 Å². The molecule has 0 fully saturated rings. The molecule has 0 amide bonds. The molecule has 0 unspecified atom stereocenters. The fraction of sp³-hybridized carbons (Fsp3) is 0.190. The average molecular weight is 465 g/mol. The van der Waals surface area contributed by atoms with Crippen LogP contribution >= 0.6 is 23.4 Å². The van der Waals surface area contributed by atoms with E-state index in [2.05, 4.69) is 9.97 Å². The highest BCUT2D eigenvalue weighted by atomic mass is 35.5. The van der Waals surface area contributed by atoms with Crippen LogP contribution < -0.4 is 9.64 Å². The number of nitrogens with zero attached hydrogens (tertiary/aromatic N) is 4. The van der Waals surface area contributed by atoms with Gasteiger partial charge in [0.05, 0.1) is 22.1 Å². The topological polar surface area (TPSA) is 62.0 Å². The maximum atomic E-state index is 13.3. The second-order valence-corrected chi connectivity index (χ2v) is 8.03. The number of halogens is 4. The first kappa shape index (κ1) is 22.7. The summed E-state index contributed by atoms with van der Waals surface area (Å²) in [5, 5.41) is 8.91. The number of alkyl halides is 3. The fourth-order valence-corrected chi connectivity index (χ4v) is 3.62. The summed E-state index contributed by atoms with van der Waals surface area (Å²) in [6.45, 7) is 0.184. The number of aromatic nitrogens is 2. The van der Waals surface area contributed by atoms with Crippen molar-refractivity contribution in [2.75, 3.05) is 19.0 Å². The van der Waals surface area contributed by atoms with Crippen molar-refractivity contribution in [1.82, 2.24) is 9.97 Å². The van der Waals surface area contributed by atoms with E-state index in [1.807, 2.05) is 43.3 Å². The van der Waals surface area contributed by atoms with Gasteiger partial charge in [-0.15, -0.1) is 0 Å². The lowest BCUT2D eigenvalue weighted by molar-refractivity contribution is -0.137. The summed E-state index contributed by atoms with van der Waals surface area (Å²) in [6.07, 6.45) is -3.26. The van der Waals surface area contributed by atoms with E-state index in [0.717, 1.165) is 35.1 Å². The average Bonchev–Trinajstić information content (AvgIpc) is 2.73. The molecule has 0 saturated heterocycles. The lowest BCUT2D eigenvalue weighted by Crippen LogP contribution is -2.09. The van der Waals surface area contributed by atoms with Crippen LogP contribution in [0.1, 0.15) is 16.7 Å². The number of hydrogen-bond acceptors (Lipinski definition) is 6. The zero-order valence-electron chi connectivity index (χ0n) is 16.4. The smallest absolute Gasteiger partial charge is 0.417 e. The minimum absolute atomic E-state index is 0.0443. The van der Waals surface area contributed by atoms with Gasteiger partial charge in [-0.2, -0.15) is 23.4 Å². The molecular formula is C21H16ClF3N4OS. The van der Waals surface area contributed by atoms with Crippen LogP contribution in [0.4, 0.5) is 18.9 Å². The van der Waals surface area contributed by atoms with Gasteiger partial charge in [-0.3, -0.25) is 0 Å². The fourth-order valence-electron chi connectivity index (χ4n) is 2.63. The highest BCUT2D eigenvalue weighted by molar-refractivity contribution is 7.99. The standard InChI is InChI=1S/C21H16ClF3N4OS/c1-29(2)15-5-3-4-13(8-15)12-30-19-18(11-27-20(22)28-19)31-16-7-6-14(10-26)17(9-16)21(23,24)25/h3-9,11H,12H2,1-2H3. The van der Waals surface area contributed by atoms with E-state index in [0.29, 0.717) is 4.90 Å². The molecule has 0 spiro atoms. The molecule has 0 bridgehead atoms. The molecule has 160 valence electrons. The molecule has 10 heteroatoms. The molecule has 0 N–H and O–H groups in total. The first-order valence-electron chi connectivity index (χ1n) is 8.88. The number of anilines is 1. The minimum Gasteiger partial charge on any atom is -0.472 e. The zero-order chi connectivity index (χ0) is 22.6. The van der Waals surface area contributed by atoms with Gasteiger partial charge in [0.2, 0.25) is 11.2 Å². The van der Waals surface area contributed by atoms with Crippen molar-refractivity contribution in [3.8, 4) is 11.9 Å². The molecule has 3 aromatic rings. The largest absolute Gasteiger partial charge is 0.472 e. The van der Waals surface area contributed by atoms with Crippen molar-refractivity contribution in [1.29, 1.82) is 5.26 Å². The predicted octanol–water partition coefficient (Wildman–Crippen LogP) is 5.82. The van der Waals surface area contributed by atoms with Gasteiger partial charge >= 0.3 is 6.18 Å². The van der Waals surface area contributed by atoms with Crippen molar-refractivity contribution in [3.05, 3.63) is 70.6 Å². The van der Waals surface area contributed by atoms with Gasteiger partial charge in [-0.05, 0) is 47.5 Å². The van der Waals surface area contributed by atoms with Gasteiger partial charge in [0.15, 0.2) is 0 Å². The Kier molecular flexibility index (Phi) is 6.93. The van der Waals surface area contributed by atoms with E-state index in [4.69, 9.17) is 21.6 Å². The van der Waals surface area contributed by atoms with Crippen LogP contribution in [0.25, 0.3) is 0 Å². The Balaban J connectivity index is 1.86. The van der Waals surface area contributed by atoms with Crippen LogP contribution in [0.3, 0.4) is 0 Å². The highest BCUT2D eigenvalue weighted by Gasteiger charge is 2.34. The van der Waals surface area contributed by atoms with Crippen LogP contribution in [0.5, 0.6) is 5.88 Å². The molecule has 0 atom stereocenters. The molecule has 2 aromatic carbocycles. The number of nitriles is 1. The Morgan fingerprint density at radius 3 is 2.65 bits per heavy atom. The maximum absolute atomic E-state index is 13.3. The van der Waals surface area contributed by atoms with Crippen molar-refractivity contribution in [3.63, 3.8) is 0 Å². The monoisotopic (exact) mass is 464 g/mol. The number of rotatable bonds is 6. The molecule has 1 aromatic heterocycles. The van der Waals surface area contributed by atoms with Gasteiger partial charge < -0.3 is 9.64 Å². The lowest BCUT2D eigenvalue weighted by Gasteiger charge is -2.15. The Morgan fingerprint density at radius 1 is 1.19 bits per heavy atom. The molecule has 0 saturated carbocycles. The number of hydrogen-bond donors (Lipinski definition) is 0. The summed E-state index contributed by atoms with van der Waals surface area (Å²) in [5.74, 6) is 0.151. The van der Waals surface area contributed by atoms with E-state index >= 15 is 0 Å². The summed E-state index contributed by atoms with van der Waals surface area (Å²) in [4.78, 5) is 10.6. The Morgan fingerprint density at radius 2 is 1.97 bits per heavy atom. The normalized spacial score (nSPS) is 11.1. The van der Waals surface area contributed by atoms with Gasteiger partial charge in [0.1, 0.15) is 6.61 Å². The number of benzene rings is 2. The SMILES string of the molecule is CN(C)c1cccc(COc2nc(Cl)ncc2Sc2ccc(C#N)c(C(F)(F)F)c2)c1. The Hall–Kier alpha value is -2.96. The highest BCUT2D eigenvalue weighted by Crippen LogP contribution is 2.39. The van der Waals surface area contributed by atoms with Crippen molar-refractivity contribution >= 4 is 29.1 Å². The van der Waals surface area contributed by atoms with Gasteiger partial charge in [0.25, 0.3) is 0 Å². The third-order valence-electron chi connectivity index (χ3n) is 4.14. The molecular weight excluding hydrogens is 449 g/mol. The third kappa shape index (κ3) is 5.81. The summed E-state index contributed by atoms with van der Waals surface area (Å²) in [7, 11) is 3.84. The van der Waals surface area contributed by atoms with Crippen LogP contribution in [0.15, 0.2) is 58.5 Å². The molecule has 0 aliphatic rings. The van der Waals surface area contributed by atoms with Crippen molar-refractivity contribution in [2.45, 2.75) is 22.6 Å².